The highest BCUT2D eigenvalue weighted by Crippen LogP contribution is 2.51. The molecule has 11 aromatic rings. The van der Waals surface area contributed by atoms with E-state index >= 15 is 0 Å². The van der Waals surface area contributed by atoms with E-state index in [0.717, 1.165) is 61.1 Å². The monoisotopic (exact) mass is 833 g/mol. The first-order valence-electron chi connectivity index (χ1n) is 22.2. The largest absolute Gasteiger partial charge is 0.311 e. The fraction of sp³-hybridized carbons (Fsp3) is 0.0500. The van der Waals surface area contributed by atoms with Crippen LogP contribution < -0.4 is 4.90 Å². The molecule has 0 radical (unpaired) electrons. The summed E-state index contributed by atoms with van der Waals surface area (Å²) in [5.41, 5.74) is 16.9. The van der Waals surface area contributed by atoms with Gasteiger partial charge in [-0.05, 0) is 105 Å². The van der Waals surface area contributed by atoms with Crippen molar-refractivity contribution in [2.75, 3.05) is 4.90 Å². The molecule has 308 valence electrons. The molecular formula is C60H43N5. The van der Waals surface area contributed by atoms with E-state index in [9.17, 15) is 0 Å². The Hall–Kier alpha value is -8.41. The standard InChI is InChI=1S/C60H43N5/c1-60(2)53-26-16-15-25-49(53)50-38-52-51-37-45(42-29-34-48(35-30-42)64(46-23-13-6-14-24-46)47-32-27-41(28-33-47)40-17-7-3-8-18-40)31-36-55(51)65(56(52)39-54(50)60)59-62-57(43-19-9-4-10-20-43)61-58(63-59)44-21-11-5-12-22-44/h3-39H,1-2H3. The number of benzene rings is 9. The molecule has 12 rings (SSSR count). The molecule has 1 aliphatic rings. The van der Waals surface area contributed by atoms with Gasteiger partial charge in [-0.2, -0.15) is 9.97 Å². The van der Waals surface area contributed by atoms with Crippen LogP contribution in [0.3, 0.4) is 0 Å². The molecule has 1 aliphatic carbocycles. The van der Waals surface area contributed by atoms with Crippen LogP contribution in [0.5, 0.6) is 0 Å². The van der Waals surface area contributed by atoms with Crippen LogP contribution in [0.15, 0.2) is 224 Å². The van der Waals surface area contributed by atoms with Gasteiger partial charge in [0.15, 0.2) is 11.6 Å². The van der Waals surface area contributed by atoms with Crippen molar-refractivity contribution in [2.45, 2.75) is 19.3 Å². The van der Waals surface area contributed by atoms with Crippen molar-refractivity contribution in [3.8, 4) is 62.1 Å². The second kappa shape index (κ2) is 15.4. The number of fused-ring (bicyclic) bond motifs is 6. The minimum atomic E-state index is -0.185. The van der Waals surface area contributed by atoms with E-state index in [-0.39, 0.29) is 5.41 Å². The lowest BCUT2D eigenvalue weighted by Crippen LogP contribution is -2.15. The van der Waals surface area contributed by atoms with Gasteiger partial charge in [0, 0.05) is 44.4 Å². The van der Waals surface area contributed by atoms with Crippen LogP contribution in [0.2, 0.25) is 0 Å². The number of nitrogens with zero attached hydrogens (tertiary/aromatic N) is 5. The van der Waals surface area contributed by atoms with Crippen molar-refractivity contribution >= 4 is 38.9 Å². The molecule has 2 heterocycles. The summed E-state index contributed by atoms with van der Waals surface area (Å²) in [4.78, 5) is 17.9. The zero-order chi connectivity index (χ0) is 43.5. The first-order chi connectivity index (χ1) is 32.0. The number of para-hydroxylation sites is 1. The summed E-state index contributed by atoms with van der Waals surface area (Å²) in [5, 5.41) is 2.29. The smallest absolute Gasteiger partial charge is 0.238 e. The predicted octanol–water partition coefficient (Wildman–Crippen LogP) is 15.4. The third-order valence-corrected chi connectivity index (χ3v) is 13.1. The summed E-state index contributed by atoms with van der Waals surface area (Å²) in [7, 11) is 0. The number of aromatic nitrogens is 4. The minimum Gasteiger partial charge on any atom is -0.311 e. The fourth-order valence-electron chi connectivity index (χ4n) is 9.77. The van der Waals surface area contributed by atoms with Crippen LogP contribution >= 0.6 is 0 Å². The van der Waals surface area contributed by atoms with Crippen molar-refractivity contribution in [1.82, 2.24) is 19.5 Å². The minimum absolute atomic E-state index is 0.185. The van der Waals surface area contributed by atoms with E-state index in [1.807, 2.05) is 36.4 Å². The molecule has 5 heteroatoms. The van der Waals surface area contributed by atoms with Gasteiger partial charge >= 0.3 is 0 Å². The van der Waals surface area contributed by atoms with E-state index < -0.39 is 0 Å². The molecule has 0 atom stereocenters. The van der Waals surface area contributed by atoms with Crippen LogP contribution in [0.4, 0.5) is 17.1 Å². The van der Waals surface area contributed by atoms with Gasteiger partial charge in [-0.1, -0.05) is 178 Å². The number of hydrogen-bond acceptors (Lipinski definition) is 4. The topological polar surface area (TPSA) is 46.8 Å². The Morgan fingerprint density at radius 1 is 0.354 bits per heavy atom. The van der Waals surface area contributed by atoms with E-state index in [1.54, 1.807) is 0 Å². The molecule has 0 amide bonds. The SMILES string of the molecule is CC1(C)c2ccccc2-c2cc3c4cc(-c5ccc(N(c6ccccc6)c6ccc(-c7ccccc7)cc6)cc5)ccc4n(-c4nc(-c5ccccc5)nc(-c5ccccc5)n4)c3cc21. The molecule has 9 aromatic carbocycles. The molecule has 2 aromatic heterocycles. The third kappa shape index (κ3) is 6.59. The number of hydrogen-bond donors (Lipinski definition) is 0. The Morgan fingerprint density at radius 2 is 0.815 bits per heavy atom. The van der Waals surface area contributed by atoms with Crippen molar-refractivity contribution < 1.29 is 0 Å². The Kier molecular flexibility index (Phi) is 9.09. The maximum atomic E-state index is 5.25. The summed E-state index contributed by atoms with van der Waals surface area (Å²) >= 11 is 0. The van der Waals surface area contributed by atoms with Gasteiger partial charge in [0.1, 0.15) is 0 Å². The maximum absolute atomic E-state index is 5.25. The summed E-state index contributed by atoms with van der Waals surface area (Å²) in [6.07, 6.45) is 0. The van der Waals surface area contributed by atoms with Gasteiger partial charge in [0.2, 0.25) is 5.95 Å². The van der Waals surface area contributed by atoms with E-state index in [2.05, 4.69) is 211 Å². The molecule has 0 bridgehead atoms. The Labute approximate surface area is 378 Å². The van der Waals surface area contributed by atoms with Gasteiger partial charge < -0.3 is 4.90 Å². The highest BCUT2D eigenvalue weighted by Gasteiger charge is 2.36. The van der Waals surface area contributed by atoms with Crippen molar-refractivity contribution in [3.05, 3.63) is 236 Å². The Balaban J connectivity index is 1.02. The van der Waals surface area contributed by atoms with Gasteiger partial charge in [-0.25, -0.2) is 4.98 Å². The first-order valence-corrected chi connectivity index (χ1v) is 22.2. The second-order valence-corrected chi connectivity index (χ2v) is 17.3. The fourth-order valence-corrected chi connectivity index (χ4v) is 9.77. The molecule has 0 N–H and O–H groups in total. The zero-order valence-corrected chi connectivity index (χ0v) is 36.1. The van der Waals surface area contributed by atoms with Gasteiger partial charge in [0.25, 0.3) is 0 Å². The van der Waals surface area contributed by atoms with Crippen LogP contribution in [-0.4, -0.2) is 19.5 Å². The summed E-state index contributed by atoms with van der Waals surface area (Å²) in [6.45, 7) is 4.67. The molecule has 0 aliphatic heterocycles. The lowest BCUT2D eigenvalue weighted by atomic mass is 9.82. The summed E-state index contributed by atoms with van der Waals surface area (Å²) in [5.74, 6) is 1.85. The Morgan fingerprint density at radius 3 is 1.42 bits per heavy atom. The molecule has 5 nitrogen and oxygen atoms in total. The van der Waals surface area contributed by atoms with Crippen LogP contribution in [-0.2, 0) is 5.41 Å². The van der Waals surface area contributed by atoms with E-state index in [4.69, 9.17) is 15.0 Å². The molecule has 0 fully saturated rings. The van der Waals surface area contributed by atoms with Crippen LogP contribution in [0.1, 0.15) is 25.0 Å². The lowest BCUT2D eigenvalue weighted by molar-refractivity contribution is 0.661. The second-order valence-electron chi connectivity index (χ2n) is 17.3. The zero-order valence-electron chi connectivity index (χ0n) is 36.1. The van der Waals surface area contributed by atoms with E-state index in [0.29, 0.717) is 17.6 Å². The average Bonchev–Trinajstić information content (AvgIpc) is 3.81. The molecule has 65 heavy (non-hydrogen) atoms. The third-order valence-electron chi connectivity index (χ3n) is 13.1. The molecule has 0 saturated heterocycles. The normalized spacial score (nSPS) is 12.6. The molecule has 0 spiro atoms. The summed E-state index contributed by atoms with van der Waals surface area (Å²) < 4.78 is 2.25. The Bertz CT molecular complexity index is 3470. The maximum Gasteiger partial charge on any atom is 0.238 e. The highest BCUT2D eigenvalue weighted by molar-refractivity contribution is 6.12. The number of rotatable bonds is 8. The summed E-state index contributed by atoms with van der Waals surface area (Å²) in [6, 6.07) is 79.7. The molecule has 0 saturated carbocycles. The van der Waals surface area contributed by atoms with Crippen molar-refractivity contribution in [3.63, 3.8) is 0 Å². The van der Waals surface area contributed by atoms with Crippen molar-refractivity contribution in [1.29, 1.82) is 0 Å². The highest BCUT2D eigenvalue weighted by atomic mass is 15.2. The molecular weight excluding hydrogens is 791 g/mol. The first kappa shape index (κ1) is 38.3. The van der Waals surface area contributed by atoms with Crippen molar-refractivity contribution in [2.24, 2.45) is 0 Å². The lowest BCUT2D eigenvalue weighted by Gasteiger charge is -2.26. The van der Waals surface area contributed by atoms with Crippen LogP contribution in [0, 0.1) is 0 Å². The van der Waals surface area contributed by atoms with Crippen LogP contribution in [0.25, 0.3) is 83.9 Å². The van der Waals surface area contributed by atoms with Gasteiger partial charge in [-0.3, -0.25) is 4.57 Å². The molecule has 0 unspecified atom stereocenters. The average molecular weight is 834 g/mol. The van der Waals surface area contributed by atoms with Gasteiger partial charge in [0.05, 0.1) is 11.0 Å². The predicted molar refractivity (Wildman–Crippen MR) is 268 cm³/mol. The number of anilines is 3. The van der Waals surface area contributed by atoms with Gasteiger partial charge in [-0.15, -0.1) is 0 Å². The van der Waals surface area contributed by atoms with E-state index in [1.165, 1.54) is 33.4 Å². The quantitative estimate of drug-likeness (QED) is 0.153.